The number of benzene rings is 2. The van der Waals surface area contributed by atoms with Gasteiger partial charge in [0.2, 0.25) is 0 Å². The third kappa shape index (κ3) is 4.38. The summed E-state index contributed by atoms with van der Waals surface area (Å²) in [6.07, 6.45) is 1.62. The Morgan fingerprint density at radius 2 is 1.64 bits per heavy atom. The molecular formula is C18H17NO3. The molecule has 2 rings (SSSR count). The first-order valence-corrected chi connectivity index (χ1v) is 6.94. The van der Waals surface area contributed by atoms with Crippen molar-refractivity contribution in [3.8, 4) is 11.1 Å². The highest BCUT2D eigenvalue weighted by Gasteiger charge is 2.05. The largest absolute Gasteiger partial charge is 0.468 e. The van der Waals surface area contributed by atoms with Crippen LogP contribution in [0.3, 0.4) is 0 Å². The topological polar surface area (TPSA) is 55.7 Å². The molecule has 0 spiro atoms. The molecule has 0 radical (unpaired) electrons. The van der Waals surface area contributed by atoms with Gasteiger partial charge in [0.05, 0.1) is 7.11 Å². The number of esters is 1. The van der Waals surface area contributed by atoms with Crippen LogP contribution in [0.1, 0.15) is 16.8 Å². The van der Waals surface area contributed by atoms with E-state index in [2.05, 4.69) is 9.73 Å². The first-order chi connectivity index (χ1) is 10.7. The minimum Gasteiger partial charge on any atom is -0.468 e. The number of carbonyl (C=O) groups is 2. The molecular weight excluding hydrogens is 278 g/mol. The molecule has 0 aromatic heterocycles. The molecule has 0 saturated carbocycles. The Labute approximate surface area is 129 Å². The molecule has 0 bridgehead atoms. The zero-order valence-corrected chi connectivity index (χ0v) is 12.4. The van der Waals surface area contributed by atoms with Gasteiger partial charge in [-0.3, -0.25) is 14.6 Å². The van der Waals surface area contributed by atoms with Crippen LogP contribution in [0.5, 0.6) is 0 Å². The van der Waals surface area contributed by atoms with Crippen LogP contribution in [-0.4, -0.2) is 31.6 Å². The monoisotopic (exact) mass is 295 g/mol. The van der Waals surface area contributed by atoms with Crippen molar-refractivity contribution in [2.24, 2.45) is 4.99 Å². The molecule has 0 amide bonds. The van der Waals surface area contributed by atoms with Crippen molar-refractivity contribution in [2.75, 3.05) is 13.7 Å². The van der Waals surface area contributed by atoms with Crippen molar-refractivity contribution in [1.82, 2.24) is 0 Å². The average Bonchev–Trinajstić information content (AvgIpc) is 2.59. The Morgan fingerprint density at radius 3 is 2.27 bits per heavy atom. The van der Waals surface area contributed by atoms with E-state index < -0.39 is 5.97 Å². The summed E-state index contributed by atoms with van der Waals surface area (Å²) < 4.78 is 4.46. The summed E-state index contributed by atoms with van der Waals surface area (Å²) in [7, 11) is 1.30. The van der Waals surface area contributed by atoms with Crippen LogP contribution in [0.2, 0.25) is 0 Å². The number of ketones is 1. The van der Waals surface area contributed by atoms with Crippen molar-refractivity contribution in [3.05, 3.63) is 60.2 Å². The SMILES string of the molecule is COC(=O)CN=CCC(=O)c1ccc(-c2ccccc2)cc1. The van der Waals surface area contributed by atoms with Gasteiger partial charge in [-0.15, -0.1) is 0 Å². The Hall–Kier alpha value is -2.75. The molecule has 0 atom stereocenters. The minimum atomic E-state index is -0.420. The molecule has 0 unspecified atom stereocenters. The van der Waals surface area contributed by atoms with Crippen LogP contribution in [0.15, 0.2) is 59.6 Å². The lowest BCUT2D eigenvalue weighted by atomic mass is 10.0. The molecule has 112 valence electrons. The second-order valence-electron chi connectivity index (χ2n) is 4.67. The van der Waals surface area contributed by atoms with E-state index in [0.29, 0.717) is 5.56 Å². The Morgan fingerprint density at radius 1 is 1.00 bits per heavy atom. The maximum atomic E-state index is 12.0. The third-order valence-electron chi connectivity index (χ3n) is 3.17. The van der Waals surface area contributed by atoms with Gasteiger partial charge < -0.3 is 4.74 Å². The lowest BCUT2D eigenvalue weighted by Crippen LogP contribution is -2.05. The van der Waals surface area contributed by atoms with Gasteiger partial charge in [-0.2, -0.15) is 0 Å². The fourth-order valence-corrected chi connectivity index (χ4v) is 1.95. The molecule has 0 saturated heterocycles. The first kappa shape index (κ1) is 15.6. The highest BCUT2D eigenvalue weighted by molar-refractivity contribution is 6.03. The van der Waals surface area contributed by atoms with Gasteiger partial charge in [-0.05, 0) is 11.1 Å². The van der Waals surface area contributed by atoms with Crippen molar-refractivity contribution in [3.63, 3.8) is 0 Å². The van der Waals surface area contributed by atoms with Gasteiger partial charge in [-0.1, -0.05) is 54.6 Å². The van der Waals surface area contributed by atoms with Gasteiger partial charge in [0.25, 0.3) is 0 Å². The molecule has 0 fully saturated rings. The second kappa shape index (κ2) is 7.88. The van der Waals surface area contributed by atoms with Gasteiger partial charge in [0.1, 0.15) is 6.54 Å². The van der Waals surface area contributed by atoms with E-state index in [1.807, 2.05) is 42.5 Å². The smallest absolute Gasteiger partial charge is 0.327 e. The number of hydrogen-bond donors (Lipinski definition) is 0. The maximum Gasteiger partial charge on any atom is 0.327 e. The van der Waals surface area contributed by atoms with E-state index in [1.54, 1.807) is 12.1 Å². The lowest BCUT2D eigenvalue weighted by Gasteiger charge is -2.03. The summed E-state index contributed by atoms with van der Waals surface area (Å²) in [6.45, 7) is -0.0588. The molecule has 0 heterocycles. The van der Waals surface area contributed by atoms with E-state index in [0.717, 1.165) is 11.1 Å². The minimum absolute atomic E-state index is 0.0340. The van der Waals surface area contributed by atoms with Crippen LogP contribution in [0.4, 0.5) is 0 Å². The third-order valence-corrected chi connectivity index (χ3v) is 3.17. The van der Waals surface area contributed by atoms with Crippen LogP contribution >= 0.6 is 0 Å². The molecule has 0 aliphatic rings. The Bertz CT molecular complexity index is 660. The molecule has 0 aliphatic carbocycles. The van der Waals surface area contributed by atoms with Gasteiger partial charge in [0.15, 0.2) is 5.78 Å². The van der Waals surface area contributed by atoms with Crippen molar-refractivity contribution >= 4 is 18.0 Å². The fraction of sp³-hybridized carbons (Fsp3) is 0.167. The van der Waals surface area contributed by atoms with Crippen molar-refractivity contribution in [1.29, 1.82) is 0 Å². The molecule has 4 heteroatoms. The van der Waals surface area contributed by atoms with Gasteiger partial charge in [-0.25, -0.2) is 0 Å². The number of carbonyl (C=O) groups excluding carboxylic acids is 2. The van der Waals surface area contributed by atoms with Crippen LogP contribution in [0, 0.1) is 0 Å². The van der Waals surface area contributed by atoms with Crippen LogP contribution in [-0.2, 0) is 9.53 Å². The summed E-state index contributed by atoms with van der Waals surface area (Å²) in [5.74, 6) is -0.454. The van der Waals surface area contributed by atoms with E-state index >= 15 is 0 Å². The summed E-state index contributed by atoms with van der Waals surface area (Å²) in [6, 6.07) is 17.4. The zero-order chi connectivity index (χ0) is 15.8. The number of aliphatic imine (C=N–C) groups is 1. The molecule has 2 aromatic rings. The van der Waals surface area contributed by atoms with Crippen molar-refractivity contribution in [2.45, 2.75) is 6.42 Å². The zero-order valence-electron chi connectivity index (χ0n) is 12.4. The summed E-state index contributed by atoms with van der Waals surface area (Å²) >= 11 is 0. The quantitative estimate of drug-likeness (QED) is 0.467. The highest BCUT2D eigenvalue weighted by atomic mass is 16.5. The standard InChI is InChI=1S/C18H17NO3/c1-22-18(21)13-19-12-11-17(20)16-9-7-15(8-10-16)14-5-3-2-4-6-14/h2-10,12H,11,13H2,1H3. The predicted molar refractivity (Wildman–Crippen MR) is 86.2 cm³/mol. The number of rotatable bonds is 6. The predicted octanol–water partition coefficient (Wildman–Crippen LogP) is 3.17. The highest BCUT2D eigenvalue weighted by Crippen LogP contribution is 2.19. The molecule has 0 aliphatic heterocycles. The van der Waals surface area contributed by atoms with E-state index in [-0.39, 0.29) is 18.7 Å². The number of methoxy groups -OCH3 is 1. The van der Waals surface area contributed by atoms with Crippen LogP contribution < -0.4 is 0 Å². The van der Waals surface area contributed by atoms with Crippen molar-refractivity contribution < 1.29 is 14.3 Å². The Kier molecular flexibility index (Phi) is 5.60. The summed E-state index contributed by atoms with van der Waals surface area (Å²) in [5, 5.41) is 0. The van der Waals surface area contributed by atoms with E-state index in [4.69, 9.17) is 0 Å². The normalized spacial score (nSPS) is 10.6. The average molecular weight is 295 g/mol. The first-order valence-electron chi connectivity index (χ1n) is 6.94. The number of Topliss-reactive ketones (excluding diaryl/α,β-unsaturated/α-hetero) is 1. The van der Waals surface area contributed by atoms with E-state index in [9.17, 15) is 9.59 Å². The van der Waals surface area contributed by atoms with Gasteiger partial charge in [0, 0.05) is 18.2 Å². The Balaban J connectivity index is 1.95. The number of ether oxygens (including phenoxy) is 1. The maximum absolute atomic E-state index is 12.0. The molecule has 4 nitrogen and oxygen atoms in total. The molecule has 2 aromatic carbocycles. The van der Waals surface area contributed by atoms with Gasteiger partial charge >= 0.3 is 5.97 Å². The van der Waals surface area contributed by atoms with E-state index in [1.165, 1.54) is 13.3 Å². The number of hydrogen-bond acceptors (Lipinski definition) is 4. The lowest BCUT2D eigenvalue weighted by molar-refractivity contribution is -0.138. The van der Waals surface area contributed by atoms with Crippen LogP contribution in [0.25, 0.3) is 11.1 Å². The molecule has 22 heavy (non-hydrogen) atoms. The second-order valence-corrected chi connectivity index (χ2v) is 4.67. The fourth-order valence-electron chi connectivity index (χ4n) is 1.95. The number of nitrogens with zero attached hydrogens (tertiary/aromatic N) is 1. The molecule has 0 N–H and O–H groups in total. The summed E-state index contributed by atoms with van der Waals surface area (Å²) in [4.78, 5) is 26.7. The summed E-state index contributed by atoms with van der Waals surface area (Å²) in [5.41, 5.74) is 2.81.